The zero-order valence-electron chi connectivity index (χ0n) is 15.9. The number of benzene rings is 2. The number of methoxy groups -OCH3 is 1. The Hall–Kier alpha value is -3.08. The van der Waals surface area contributed by atoms with E-state index in [-0.39, 0.29) is 5.41 Å². The van der Waals surface area contributed by atoms with Crippen LogP contribution in [0.3, 0.4) is 0 Å². The lowest BCUT2D eigenvalue weighted by Gasteiger charge is -2.44. The van der Waals surface area contributed by atoms with Crippen molar-refractivity contribution in [1.29, 1.82) is 0 Å². The van der Waals surface area contributed by atoms with Gasteiger partial charge in [0.2, 0.25) is 5.72 Å². The number of nitrogens with zero attached hydrogens (tertiary/aromatic N) is 3. The molecule has 1 spiro atoms. The Bertz CT molecular complexity index is 1110. The van der Waals surface area contributed by atoms with E-state index in [9.17, 15) is 0 Å². The fourth-order valence-corrected chi connectivity index (χ4v) is 4.36. The summed E-state index contributed by atoms with van der Waals surface area (Å²) in [5, 5.41) is 2.10. The van der Waals surface area contributed by atoms with Crippen molar-refractivity contribution < 1.29 is 9.47 Å². The molecular weight excluding hydrogens is 338 g/mol. The summed E-state index contributed by atoms with van der Waals surface area (Å²) >= 11 is 0. The van der Waals surface area contributed by atoms with Gasteiger partial charge in [-0.05, 0) is 55.8 Å². The number of aromatic nitrogens is 1. The first-order valence-electron chi connectivity index (χ1n) is 9.01. The molecule has 5 nitrogen and oxygen atoms in total. The van der Waals surface area contributed by atoms with Crippen molar-refractivity contribution in [2.75, 3.05) is 19.1 Å². The SMILES string of the molecule is COc1ccc2c(c1)C(C)(C)C1(C=Nc3c(ccc4cnccc34)O1)N2C. The van der Waals surface area contributed by atoms with E-state index < -0.39 is 5.72 Å². The van der Waals surface area contributed by atoms with Crippen LogP contribution >= 0.6 is 0 Å². The van der Waals surface area contributed by atoms with E-state index >= 15 is 0 Å². The van der Waals surface area contributed by atoms with Crippen molar-refractivity contribution in [3.63, 3.8) is 0 Å². The molecule has 2 aliphatic heterocycles. The predicted molar refractivity (Wildman–Crippen MR) is 108 cm³/mol. The third-order valence-electron chi connectivity index (χ3n) is 6.02. The molecule has 136 valence electrons. The molecule has 27 heavy (non-hydrogen) atoms. The molecule has 5 rings (SSSR count). The maximum atomic E-state index is 6.69. The highest BCUT2D eigenvalue weighted by Gasteiger charge is 2.58. The van der Waals surface area contributed by atoms with E-state index in [1.54, 1.807) is 13.3 Å². The molecule has 2 aromatic carbocycles. The van der Waals surface area contributed by atoms with Gasteiger partial charge in [0.15, 0.2) is 0 Å². The van der Waals surface area contributed by atoms with Crippen LogP contribution in [0.25, 0.3) is 10.8 Å². The molecule has 0 saturated heterocycles. The third-order valence-corrected chi connectivity index (χ3v) is 6.02. The lowest BCUT2D eigenvalue weighted by molar-refractivity contribution is 0.0826. The number of ether oxygens (including phenoxy) is 2. The van der Waals surface area contributed by atoms with Gasteiger partial charge in [0.1, 0.15) is 17.2 Å². The van der Waals surface area contributed by atoms with Crippen LogP contribution in [-0.2, 0) is 5.41 Å². The van der Waals surface area contributed by atoms with E-state index in [0.29, 0.717) is 0 Å². The molecule has 5 heteroatoms. The Morgan fingerprint density at radius 1 is 1.11 bits per heavy atom. The maximum Gasteiger partial charge on any atom is 0.228 e. The summed E-state index contributed by atoms with van der Waals surface area (Å²) in [6.07, 6.45) is 5.58. The van der Waals surface area contributed by atoms with E-state index in [2.05, 4.69) is 42.9 Å². The number of aliphatic imine (C=N–C) groups is 1. The highest BCUT2D eigenvalue weighted by molar-refractivity contribution is 5.99. The van der Waals surface area contributed by atoms with Crippen LogP contribution in [0.1, 0.15) is 19.4 Å². The normalized spacial score (nSPS) is 21.9. The minimum Gasteiger partial charge on any atom is -0.497 e. The van der Waals surface area contributed by atoms with Crippen molar-refractivity contribution in [2.45, 2.75) is 25.0 Å². The lowest BCUT2D eigenvalue weighted by atomic mass is 9.77. The summed E-state index contributed by atoms with van der Waals surface area (Å²) in [4.78, 5) is 11.2. The summed E-state index contributed by atoms with van der Waals surface area (Å²) in [6, 6.07) is 12.2. The topological polar surface area (TPSA) is 47.0 Å². The van der Waals surface area contributed by atoms with Crippen LogP contribution in [0, 0.1) is 0 Å². The zero-order valence-corrected chi connectivity index (χ0v) is 15.9. The van der Waals surface area contributed by atoms with Gasteiger partial charge >= 0.3 is 0 Å². The lowest BCUT2D eigenvalue weighted by Crippen LogP contribution is -2.61. The number of anilines is 1. The predicted octanol–water partition coefficient (Wildman–Crippen LogP) is 4.46. The van der Waals surface area contributed by atoms with Crippen LogP contribution in [0.2, 0.25) is 0 Å². The molecule has 1 aromatic heterocycles. The quantitative estimate of drug-likeness (QED) is 0.643. The average Bonchev–Trinajstić information content (AvgIpc) is 2.86. The molecule has 3 heterocycles. The van der Waals surface area contributed by atoms with Gasteiger partial charge in [-0.25, -0.2) is 0 Å². The van der Waals surface area contributed by atoms with Crippen molar-refractivity contribution in [2.24, 2.45) is 4.99 Å². The molecule has 1 unspecified atom stereocenters. The smallest absolute Gasteiger partial charge is 0.228 e. The Labute approximate surface area is 158 Å². The molecule has 0 aliphatic carbocycles. The third kappa shape index (κ3) is 1.94. The molecule has 3 aromatic rings. The van der Waals surface area contributed by atoms with Gasteiger partial charge in [0.05, 0.1) is 18.7 Å². The maximum absolute atomic E-state index is 6.69. The molecule has 1 atom stereocenters. The minimum atomic E-state index is -0.699. The van der Waals surface area contributed by atoms with Crippen LogP contribution < -0.4 is 14.4 Å². The number of rotatable bonds is 1. The first-order valence-corrected chi connectivity index (χ1v) is 9.01. The van der Waals surface area contributed by atoms with Gasteiger partial charge in [0, 0.05) is 35.9 Å². The second-order valence-corrected chi connectivity index (χ2v) is 7.63. The fraction of sp³-hybridized carbons (Fsp3) is 0.273. The highest BCUT2D eigenvalue weighted by Crippen LogP contribution is 2.54. The van der Waals surface area contributed by atoms with E-state index in [1.165, 1.54) is 5.56 Å². The molecule has 0 bridgehead atoms. The highest BCUT2D eigenvalue weighted by atomic mass is 16.5. The molecule has 0 N–H and O–H groups in total. The van der Waals surface area contributed by atoms with Gasteiger partial charge in [-0.2, -0.15) is 0 Å². The standard InChI is InChI=1S/C22H21N3O2/c1-21(2)17-11-15(26-4)6-7-18(17)25(3)22(21)13-24-20-16-9-10-23-12-14(16)5-8-19(20)27-22/h5-13H,1-4H3. The van der Waals surface area contributed by atoms with Gasteiger partial charge in [-0.15, -0.1) is 0 Å². The summed E-state index contributed by atoms with van der Waals surface area (Å²) in [5.41, 5.74) is 2.15. The second-order valence-electron chi connectivity index (χ2n) is 7.63. The fourth-order valence-electron chi connectivity index (χ4n) is 4.36. The molecule has 0 fully saturated rings. The Morgan fingerprint density at radius 2 is 1.96 bits per heavy atom. The van der Waals surface area contributed by atoms with E-state index in [0.717, 1.165) is 33.6 Å². The van der Waals surface area contributed by atoms with Crippen molar-refractivity contribution in [1.82, 2.24) is 4.98 Å². The second kappa shape index (κ2) is 5.22. The summed E-state index contributed by atoms with van der Waals surface area (Å²) in [5.74, 6) is 1.63. The summed E-state index contributed by atoms with van der Waals surface area (Å²) in [6.45, 7) is 4.38. The first-order chi connectivity index (χ1) is 13.0. The van der Waals surface area contributed by atoms with E-state index in [4.69, 9.17) is 14.5 Å². The molecule has 2 aliphatic rings. The Morgan fingerprint density at radius 3 is 2.78 bits per heavy atom. The molecule has 0 saturated carbocycles. The van der Waals surface area contributed by atoms with Gasteiger partial charge < -0.3 is 14.4 Å². The largest absolute Gasteiger partial charge is 0.497 e. The number of likely N-dealkylation sites (N-methyl/N-ethyl adjacent to an activating group) is 1. The van der Waals surface area contributed by atoms with Crippen molar-refractivity contribution >= 4 is 28.4 Å². The van der Waals surface area contributed by atoms with Gasteiger partial charge in [0.25, 0.3) is 0 Å². The number of hydrogen-bond donors (Lipinski definition) is 0. The number of pyridine rings is 1. The van der Waals surface area contributed by atoms with Gasteiger partial charge in [-0.3, -0.25) is 9.98 Å². The molecular formula is C22H21N3O2. The van der Waals surface area contributed by atoms with Crippen LogP contribution in [0.4, 0.5) is 11.4 Å². The Kier molecular flexibility index (Phi) is 3.12. The molecule has 0 amide bonds. The van der Waals surface area contributed by atoms with Crippen molar-refractivity contribution in [3.8, 4) is 11.5 Å². The molecule has 0 radical (unpaired) electrons. The zero-order chi connectivity index (χ0) is 18.8. The summed E-state index contributed by atoms with van der Waals surface area (Å²) < 4.78 is 12.1. The van der Waals surface area contributed by atoms with Crippen LogP contribution in [0.5, 0.6) is 11.5 Å². The van der Waals surface area contributed by atoms with Gasteiger partial charge in [-0.1, -0.05) is 0 Å². The van der Waals surface area contributed by atoms with Crippen molar-refractivity contribution in [3.05, 3.63) is 54.4 Å². The summed E-state index contributed by atoms with van der Waals surface area (Å²) in [7, 11) is 3.75. The monoisotopic (exact) mass is 359 g/mol. The van der Waals surface area contributed by atoms with E-state index in [1.807, 2.05) is 36.7 Å². The number of fused-ring (bicyclic) bond motifs is 4. The van der Waals surface area contributed by atoms with Crippen LogP contribution in [-0.4, -0.2) is 31.1 Å². The minimum absolute atomic E-state index is 0.319. The Balaban J connectivity index is 1.69. The average molecular weight is 359 g/mol. The first kappa shape index (κ1) is 16.1. The van der Waals surface area contributed by atoms with Crippen LogP contribution in [0.15, 0.2) is 53.8 Å². The number of hydrogen-bond acceptors (Lipinski definition) is 5.